The molecule has 1 N–H and O–H groups in total. The van der Waals surface area contributed by atoms with Gasteiger partial charge in [-0.15, -0.1) is 0 Å². The number of ether oxygens (including phenoxy) is 2. The molecule has 1 amide bonds. The van der Waals surface area contributed by atoms with Crippen LogP contribution >= 0.6 is 0 Å². The minimum atomic E-state index is -0.172. The first-order valence-corrected chi connectivity index (χ1v) is 15.6. The highest BCUT2D eigenvalue weighted by atomic mass is 16.5. The Morgan fingerprint density at radius 3 is 2.44 bits per heavy atom. The van der Waals surface area contributed by atoms with Crippen LogP contribution in [0.15, 0.2) is 53.6 Å². The lowest BCUT2D eigenvalue weighted by Crippen LogP contribution is -2.54. The van der Waals surface area contributed by atoms with Crippen molar-refractivity contribution in [2.75, 3.05) is 20.7 Å². The summed E-state index contributed by atoms with van der Waals surface area (Å²) in [7, 11) is 4.29. The maximum atomic E-state index is 13.2. The van der Waals surface area contributed by atoms with Crippen LogP contribution in [0.25, 0.3) is 0 Å². The number of carbonyl (C=O) groups excluding carboxylic acids is 2. The van der Waals surface area contributed by atoms with Gasteiger partial charge in [0.05, 0.1) is 18.8 Å². The van der Waals surface area contributed by atoms with E-state index in [1.54, 1.807) is 12.5 Å². The highest BCUT2D eigenvalue weighted by molar-refractivity contribution is 5.94. The molecule has 0 aromatic heterocycles. The summed E-state index contributed by atoms with van der Waals surface area (Å²) < 4.78 is 12.5. The molecule has 1 saturated heterocycles. The third-order valence-electron chi connectivity index (χ3n) is 12.4. The summed E-state index contributed by atoms with van der Waals surface area (Å²) >= 11 is 0. The Labute approximate surface area is 245 Å². The molecule has 3 fully saturated rings. The Hall–Kier alpha value is -2.44. The van der Waals surface area contributed by atoms with E-state index in [9.17, 15) is 9.59 Å². The minimum Gasteiger partial charge on any atom is -0.462 e. The summed E-state index contributed by atoms with van der Waals surface area (Å²) in [6, 6.07) is 9.78. The van der Waals surface area contributed by atoms with Crippen LogP contribution in [0, 0.1) is 34.0 Å². The molecular formula is C35H48N2O4. The van der Waals surface area contributed by atoms with Crippen LogP contribution in [0.5, 0.6) is 0 Å². The number of allylic oxidation sites excluding steroid dienone is 3. The largest absolute Gasteiger partial charge is 0.462 e. The number of rotatable bonds is 5. The highest BCUT2D eigenvalue weighted by Gasteiger charge is 2.66. The van der Waals surface area contributed by atoms with Crippen molar-refractivity contribution in [1.82, 2.24) is 10.2 Å². The van der Waals surface area contributed by atoms with E-state index >= 15 is 0 Å². The van der Waals surface area contributed by atoms with Gasteiger partial charge in [0.15, 0.2) is 0 Å². The van der Waals surface area contributed by atoms with Gasteiger partial charge >= 0.3 is 5.97 Å². The number of nitrogens with one attached hydrogen (secondary N) is 1. The Morgan fingerprint density at radius 1 is 1.05 bits per heavy atom. The van der Waals surface area contributed by atoms with Crippen molar-refractivity contribution in [3.05, 3.63) is 59.2 Å². The van der Waals surface area contributed by atoms with Gasteiger partial charge < -0.3 is 19.7 Å². The van der Waals surface area contributed by atoms with Gasteiger partial charge in [0.2, 0.25) is 0 Å². The second-order valence-corrected chi connectivity index (χ2v) is 14.6. The van der Waals surface area contributed by atoms with E-state index in [0.29, 0.717) is 30.0 Å². The summed E-state index contributed by atoms with van der Waals surface area (Å²) in [5, 5.41) is 3.38. The van der Waals surface area contributed by atoms with Crippen LogP contribution in [0.3, 0.4) is 0 Å². The molecule has 5 aliphatic rings. The fraction of sp³-hybridized carbons (Fsp3) is 0.657. The molecule has 0 radical (unpaired) electrons. The average molecular weight is 561 g/mol. The molecule has 10 atom stereocenters. The summed E-state index contributed by atoms with van der Waals surface area (Å²) in [5.41, 5.74) is 3.68. The zero-order valence-corrected chi connectivity index (χ0v) is 25.9. The van der Waals surface area contributed by atoms with Gasteiger partial charge in [-0.3, -0.25) is 9.59 Å². The number of hydrogen-bond acceptors (Lipinski definition) is 5. The molecule has 1 heterocycles. The predicted molar refractivity (Wildman–Crippen MR) is 160 cm³/mol. The molecule has 6 heteroatoms. The van der Waals surface area contributed by atoms with Gasteiger partial charge in [-0.1, -0.05) is 62.3 Å². The van der Waals surface area contributed by atoms with Crippen molar-refractivity contribution in [2.24, 2.45) is 34.0 Å². The van der Waals surface area contributed by atoms with Crippen molar-refractivity contribution >= 4 is 11.9 Å². The molecule has 1 aromatic carbocycles. The maximum absolute atomic E-state index is 13.2. The molecule has 1 aromatic rings. The lowest BCUT2D eigenvalue weighted by Gasteiger charge is -2.53. The second-order valence-electron chi connectivity index (χ2n) is 14.6. The van der Waals surface area contributed by atoms with Crippen molar-refractivity contribution < 1.29 is 19.1 Å². The molecule has 6 rings (SSSR count). The van der Waals surface area contributed by atoms with Gasteiger partial charge in [0.25, 0.3) is 5.91 Å². The zero-order valence-electron chi connectivity index (χ0n) is 25.9. The lowest BCUT2D eigenvalue weighted by molar-refractivity contribution is -0.150. The van der Waals surface area contributed by atoms with Gasteiger partial charge in [0.1, 0.15) is 6.10 Å². The van der Waals surface area contributed by atoms with E-state index in [2.05, 4.69) is 64.2 Å². The number of hydrogen-bond donors (Lipinski definition) is 1. The third kappa shape index (κ3) is 4.34. The fourth-order valence-electron chi connectivity index (χ4n) is 9.94. The first kappa shape index (κ1) is 28.7. The molecule has 6 nitrogen and oxygen atoms in total. The monoisotopic (exact) mass is 560 g/mol. The van der Waals surface area contributed by atoms with E-state index in [-0.39, 0.29) is 52.3 Å². The summed E-state index contributed by atoms with van der Waals surface area (Å²) in [5.74, 6) is 0.894. The highest BCUT2D eigenvalue weighted by Crippen LogP contribution is 2.69. The van der Waals surface area contributed by atoms with E-state index in [0.717, 1.165) is 32.1 Å². The molecule has 1 aliphatic heterocycles. The predicted octanol–water partition coefficient (Wildman–Crippen LogP) is 5.79. The molecule has 41 heavy (non-hydrogen) atoms. The second kappa shape index (κ2) is 10.1. The minimum absolute atomic E-state index is 0.0222. The summed E-state index contributed by atoms with van der Waals surface area (Å²) in [6.45, 7) is 11.8. The fourth-order valence-corrected chi connectivity index (χ4v) is 9.94. The van der Waals surface area contributed by atoms with Gasteiger partial charge in [0, 0.05) is 29.9 Å². The molecule has 0 unspecified atom stereocenters. The van der Waals surface area contributed by atoms with Gasteiger partial charge in [-0.2, -0.15) is 0 Å². The van der Waals surface area contributed by atoms with E-state index < -0.39 is 0 Å². The van der Waals surface area contributed by atoms with Crippen LogP contribution < -0.4 is 5.32 Å². The van der Waals surface area contributed by atoms with Crippen molar-refractivity contribution in [1.29, 1.82) is 0 Å². The molecule has 4 aliphatic carbocycles. The third-order valence-corrected chi connectivity index (χ3v) is 12.4. The van der Waals surface area contributed by atoms with Crippen LogP contribution in [-0.4, -0.2) is 61.8 Å². The molecule has 222 valence electrons. The SMILES string of the molecule is CC(=O)O[C@@H]1C[C@@]2(C)[C@@H]3CC[C@@H]4C(=C[C@H]5OC[C@]4(C)[C@H]5NC(=O)c4ccccc4)CC3=CC[C@]2(C)[C@H]1[C@H](C)N(C)C. The smallest absolute Gasteiger partial charge is 0.302 e. The van der Waals surface area contributed by atoms with Crippen LogP contribution in [-0.2, 0) is 14.3 Å². The summed E-state index contributed by atoms with van der Waals surface area (Å²) in [4.78, 5) is 27.8. The molecule has 0 spiro atoms. The van der Waals surface area contributed by atoms with Crippen LogP contribution in [0.2, 0.25) is 0 Å². The van der Waals surface area contributed by atoms with Crippen LogP contribution in [0.4, 0.5) is 0 Å². The number of benzene rings is 1. The van der Waals surface area contributed by atoms with E-state index in [1.165, 1.54) is 5.57 Å². The van der Waals surface area contributed by atoms with Gasteiger partial charge in [-0.25, -0.2) is 0 Å². The average Bonchev–Trinajstić information content (AvgIpc) is 3.17. The molecule has 2 saturated carbocycles. The number of nitrogens with zero attached hydrogens (tertiary/aromatic N) is 1. The Balaban J connectivity index is 1.30. The topological polar surface area (TPSA) is 67.9 Å². The van der Waals surface area contributed by atoms with Crippen LogP contribution in [0.1, 0.15) is 77.1 Å². The van der Waals surface area contributed by atoms with Crippen molar-refractivity contribution in [3.8, 4) is 0 Å². The van der Waals surface area contributed by atoms with Crippen molar-refractivity contribution in [2.45, 2.75) is 91.0 Å². The Morgan fingerprint density at radius 2 is 1.76 bits per heavy atom. The lowest BCUT2D eigenvalue weighted by atomic mass is 9.51. The van der Waals surface area contributed by atoms with Gasteiger partial charge in [-0.05, 0) is 87.9 Å². The normalized spacial score (nSPS) is 41.8. The number of esters is 1. The Bertz CT molecular complexity index is 1270. The molecule has 2 bridgehead atoms. The molecular weight excluding hydrogens is 512 g/mol. The quantitative estimate of drug-likeness (QED) is 0.365. The van der Waals surface area contributed by atoms with Crippen molar-refractivity contribution in [3.63, 3.8) is 0 Å². The first-order chi connectivity index (χ1) is 19.4. The first-order valence-electron chi connectivity index (χ1n) is 15.6. The summed E-state index contributed by atoms with van der Waals surface area (Å²) in [6.07, 6.45) is 9.84. The number of amides is 1. The maximum Gasteiger partial charge on any atom is 0.302 e. The van der Waals surface area contributed by atoms with E-state index in [1.807, 2.05) is 30.3 Å². The number of fused-ring (bicyclic) bond motifs is 7. The Kier molecular flexibility index (Phi) is 7.05. The van der Waals surface area contributed by atoms with E-state index in [4.69, 9.17) is 9.47 Å². The standard InChI is InChI=1S/C35H48N2O4/c1-21(37(6)7)30-29(41-22(2)38)19-35(5)27-14-13-26-25(17-24(27)15-16-34(30,35)4)18-28-31(33(26,3)20-40-28)36-32(39)23-11-9-8-10-12-23/h8-12,15,18,21,26-31H,13-14,16-17,19-20H2,1-7H3,(H,36,39)/t21-,26+,27+,28+,29+,30-,31-,33-,34+,35-/m0/s1. The zero-order chi connectivity index (χ0) is 29.3. The number of carbonyl (C=O) groups is 2.